The second-order valence-corrected chi connectivity index (χ2v) is 6.81. The van der Waals surface area contributed by atoms with Gasteiger partial charge in [0.1, 0.15) is 0 Å². The Morgan fingerprint density at radius 3 is 2.50 bits per heavy atom. The lowest BCUT2D eigenvalue weighted by molar-refractivity contribution is 0.128. The summed E-state index contributed by atoms with van der Waals surface area (Å²) in [6.07, 6.45) is 3.46. The third-order valence-electron chi connectivity index (χ3n) is 4.55. The molecule has 0 spiro atoms. The molecule has 5 heteroatoms. The number of nitrogens with zero attached hydrogens (tertiary/aromatic N) is 2. The summed E-state index contributed by atoms with van der Waals surface area (Å²) in [7, 11) is 0. The highest BCUT2D eigenvalue weighted by atomic mass is 16.3. The van der Waals surface area contributed by atoms with Crippen molar-refractivity contribution in [2.45, 2.75) is 46.2 Å². The third-order valence-corrected chi connectivity index (χ3v) is 4.55. The number of hydrogen-bond acceptors (Lipinski definition) is 4. The van der Waals surface area contributed by atoms with Gasteiger partial charge in [-0.3, -0.25) is 9.69 Å². The van der Waals surface area contributed by atoms with Gasteiger partial charge in [-0.25, -0.2) is 0 Å². The van der Waals surface area contributed by atoms with Gasteiger partial charge >= 0.3 is 0 Å². The summed E-state index contributed by atoms with van der Waals surface area (Å²) in [6.45, 7) is 9.24. The molecule has 1 aromatic heterocycles. The highest BCUT2D eigenvalue weighted by molar-refractivity contribution is 5.21. The Hall–Kier alpha value is -1.33. The Morgan fingerprint density at radius 1 is 1.32 bits per heavy atom. The maximum atomic E-state index is 11.8. The van der Waals surface area contributed by atoms with Crippen LogP contribution in [0.15, 0.2) is 17.1 Å². The Morgan fingerprint density at radius 2 is 1.95 bits per heavy atom. The van der Waals surface area contributed by atoms with E-state index in [1.54, 1.807) is 0 Å². The van der Waals surface area contributed by atoms with Crippen LogP contribution in [-0.4, -0.2) is 39.4 Å². The van der Waals surface area contributed by atoms with Gasteiger partial charge in [0.25, 0.3) is 0 Å². The molecule has 3 unspecified atom stereocenters. The molecule has 124 valence electrons. The zero-order valence-corrected chi connectivity index (χ0v) is 13.8. The molecule has 0 bridgehead atoms. The van der Waals surface area contributed by atoms with Crippen LogP contribution in [0.1, 0.15) is 45.3 Å². The molecule has 0 amide bonds. The van der Waals surface area contributed by atoms with Crippen LogP contribution in [-0.2, 0) is 6.54 Å². The quantitative estimate of drug-likeness (QED) is 0.873. The predicted octanol–water partition coefficient (Wildman–Crippen LogP) is 1.98. The minimum absolute atomic E-state index is 0.00137. The maximum Gasteiger partial charge on any atom is 0.223 e. The Labute approximate surface area is 132 Å². The van der Waals surface area contributed by atoms with E-state index in [0.717, 1.165) is 25.2 Å². The molecular formula is C17H28N2O3. The van der Waals surface area contributed by atoms with Gasteiger partial charge in [0.15, 0.2) is 5.75 Å². The molecule has 0 saturated carbocycles. The standard InChI is InChI=1S/C17H28N2O3/c1-4-14(11-20)19-10-17(22)16(21)6-15(19)9-18-7-12(2)5-13(3)8-18/h6,10,12-14,20,22H,4-5,7-9,11H2,1-3H3. The molecule has 1 saturated heterocycles. The van der Waals surface area contributed by atoms with Gasteiger partial charge < -0.3 is 14.8 Å². The number of likely N-dealkylation sites (tertiary alicyclic amines) is 1. The molecule has 1 aromatic rings. The molecule has 0 radical (unpaired) electrons. The number of rotatable bonds is 5. The van der Waals surface area contributed by atoms with Crippen LogP contribution in [0.2, 0.25) is 0 Å². The number of pyridine rings is 1. The van der Waals surface area contributed by atoms with Crippen LogP contribution in [0.3, 0.4) is 0 Å². The van der Waals surface area contributed by atoms with E-state index in [9.17, 15) is 15.0 Å². The molecule has 0 aliphatic carbocycles. The summed E-state index contributed by atoms with van der Waals surface area (Å²) in [5.74, 6) is 1.05. The van der Waals surface area contributed by atoms with E-state index in [0.29, 0.717) is 18.4 Å². The largest absolute Gasteiger partial charge is 0.503 e. The van der Waals surface area contributed by atoms with Gasteiger partial charge in [-0.1, -0.05) is 20.8 Å². The first-order valence-electron chi connectivity index (χ1n) is 8.21. The first-order valence-corrected chi connectivity index (χ1v) is 8.21. The summed E-state index contributed by atoms with van der Waals surface area (Å²) < 4.78 is 1.86. The molecule has 2 heterocycles. The number of hydrogen-bond donors (Lipinski definition) is 2. The maximum absolute atomic E-state index is 11.8. The van der Waals surface area contributed by atoms with Crippen LogP contribution in [0, 0.1) is 11.8 Å². The van der Waals surface area contributed by atoms with E-state index in [1.165, 1.54) is 18.7 Å². The molecule has 1 aliphatic heterocycles. The number of aromatic hydroxyl groups is 1. The van der Waals surface area contributed by atoms with Crippen molar-refractivity contribution in [3.05, 3.63) is 28.2 Å². The summed E-state index contributed by atoms with van der Waals surface area (Å²) in [5.41, 5.74) is 0.516. The van der Waals surface area contributed by atoms with Crippen molar-refractivity contribution in [3.8, 4) is 5.75 Å². The topological polar surface area (TPSA) is 65.7 Å². The molecule has 2 rings (SSSR count). The van der Waals surface area contributed by atoms with Crippen molar-refractivity contribution >= 4 is 0 Å². The molecule has 2 N–H and O–H groups in total. The van der Waals surface area contributed by atoms with E-state index in [2.05, 4.69) is 18.7 Å². The lowest BCUT2D eigenvalue weighted by atomic mass is 9.92. The van der Waals surface area contributed by atoms with Crippen molar-refractivity contribution in [1.82, 2.24) is 9.47 Å². The smallest absolute Gasteiger partial charge is 0.223 e. The van der Waals surface area contributed by atoms with E-state index < -0.39 is 0 Å². The first-order chi connectivity index (χ1) is 10.4. The first kappa shape index (κ1) is 17.0. The van der Waals surface area contributed by atoms with Gasteiger partial charge in [-0.15, -0.1) is 0 Å². The van der Waals surface area contributed by atoms with Crippen LogP contribution in [0.4, 0.5) is 0 Å². The van der Waals surface area contributed by atoms with Crippen LogP contribution in [0.5, 0.6) is 5.75 Å². The van der Waals surface area contributed by atoms with Crippen LogP contribution >= 0.6 is 0 Å². The molecule has 1 fully saturated rings. The van der Waals surface area contributed by atoms with E-state index in [4.69, 9.17) is 0 Å². The number of aromatic nitrogens is 1. The average Bonchev–Trinajstić information content (AvgIpc) is 2.44. The lowest BCUT2D eigenvalue weighted by Gasteiger charge is -2.35. The molecule has 22 heavy (non-hydrogen) atoms. The average molecular weight is 308 g/mol. The van der Waals surface area contributed by atoms with Gasteiger partial charge in [0, 0.05) is 31.4 Å². The third kappa shape index (κ3) is 3.90. The minimum atomic E-state index is -0.350. The molecular weight excluding hydrogens is 280 g/mol. The second-order valence-electron chi connectivity index (χ2n) is 6.81. The number of aliphatic hydroxyl groups is 1. The van der Waals surface area contributed by atoms with Crippen LogP contribution in [0.25, 0.3) is 0 Å². The normalized spacial score (nSPS) is 24.4. The molecule has 0 aromatic carbocycles. The Bertz CT molecular complexity index is 541. The second kappa shape index (κ2) is 7.29. The fourth-order valence-corrected chi connectivity index (χ4v) is 3.61. The highest BCUT2D eigenvalue weighted by Gasteiger charge is 2.23. The number of piperidine rings is 1. The molecule has 5 nitrogen and oxygen atoms in total. The lowest BCUT2D eigenvalue weighted by Crippen LogP contribution is -2.39. The fourth-order valence-electron chi connectivity index (χ4n) is 3.61. The molecule has 1 aliphatic rings. The fraction of sp³-hybridized carbons (Fsp3) is 0.706. The van der Waals surface area contributed by atoms with E-state index in [-0.39, 0.29) is 23.8 Å². The van der Waals surface area contributed by atoms with E-state index >= 15 is 0 Å². The minimum Gasteiger partial charge on any atom is -0.503 e. The van der Waals surface area contributed by atoms with Crippen molar-refractivity contribution in [1.29, 1.82) is 0 Å². The van der Waals surface area contributed by atoms with Crippen molar-refractivity contribution < 1.29 is 10.2 Å². The zero-order valence-electron chi connectivity index (χ0n) is 13.8. The van der Waals surface area contributed by atoms with Crippen molar-refractivity contribution in [3.63, 3.8) is 0 Å². The van der Waals surface area contributed by atoms with Gasteiger partial charge in [0.05, 0.1) is 18.8 Å². The molecule has 3 atom stereocenters. The van der Waals surface area contributed by atoms with Crippen molar-refractivity contribution in [2.24, 2.45) is 11.8 Å². The predicted molar refractivity (Wildman–Crippen MR) is 87.0 cm³/mol. The van der Waals surface area contributed by atoms with Gasteiger partial charge in [-0.2, -0.15) is 0 Å². The summed E-state index contributed by atoms with van der Waals surface area (Å²) in [5, 5.41) is 19.3. The summed E-state index contributed by atoms with van der Waals surface area (Å²) in [4.78, 5) is 14.2. The van der Waals surface area contributed by atoms with Crippen molar-refractivity contribution in [2.75, 3.05) is 19.7 Å². The SMILES string of the molecule is CCC(CO)n1cc(O)c(=O)cc1CN1CC(C)CC(C)C1. The Balaban J connectivity index is 2.28. The summed E-state index contributed by atoms with van der Waals surface area (Å²) in [6, 6.07) is 1.40. The van der Waals surface area contributed by atoms with Gasteiger partial charge in [0.2, 0.25) is 5.43 Å². The monoisotopic (exact) mass is 308 g/mol. The highest BCUT2D eigenvalue weighted by Crippen LogP contribution is 2.24. The van der Waals surface area contributed by atoms with E-state index in [1.807, 2.05) is 11.5 Å². The van der Waals surface area contributed by atoms with Crippen LogP contribution < -0.4 is 5.43 Å². The zero-order chi connectivity index (χ0) is 16.3. The Kier molecular flexibility index (Phi) is 5.64. The number of aliphatic hydroxyl groups excluding tert-OH is 1. The van der Waals surface area contributed by atoms with Gasteiger partial charge in [-0.05, 0) is 24.7 Å². The summed E-state index contributed by atoms with van der Waals surface area (Å²) >= 11 is 0.